The Hall–Kier alpha value is -2.12. The van der Waals surface area contributed by atoms with Crippen LogP contribution in [0.1, 0.15) is 12.8 Å². The summed E-state index contributed by atoms with van der Waals surface area (Å²) >= 11 is 0. The molecule has 0 aromatic carbocycles. The minimum atomic E-state index is -2.57. The van der Waals surface area contributed by atoms with Gasteiger partial charge in [-0.1, -0.05) is 0 Å². The number of carboxylic acids is 2. The zero-order valence-electron chi connectivity index (χ0n) is 7.60. The van der Waals surface area contributed by atoms with E-state index in [1.807, 2.05) is 0 Å². The Balaban J connectivity index is 5.26. The van der Waals surface area contributed by atoms with Crippen LogP contribution in [0.25, 0.3) is 0 Å². The van der Waals surface area contributed by atoms with Crippen molar-refractivity contribution in [3.05, 3.63) is 0 Å². The number of hydrogen-bond acceptors (Lipinski definition) is 4. The highest BCUT2D eigenvalue weighted by Gasteiger charge is 2.49. The van der Waals surface area contributed by atoms with Crippen molar-refractivity contribution in [3.8, 4) is 0 Å². The first-order valence-electron chi connectivity index (χ1n) is 3.76. The first kappa shape index (κ1) is 12.9. The summed E-state index contributed by atoms with van der Waals surface area (Å²) in [6.07, 6.45) is -1.97. The third-order valence-corrected chi connectivity index (χ3v) is 1.77. The molecule has 0 radical (unpaired) electrons. The number of carbonyl (C=O) groups excluding carboxylic acids is 2. The van der Waals surface area contributed by atoms with Crippen LogP contribution in [-0.2, 0) is 19.2 Å². The Morgan fingerprint density at radius 2 is 1.13 bits per heavy atom. The van der Waals surface area contributed by atoms with E-state index in [4.69, 9.17) is 21.7 Å². The van der Waals surface area contributed by atoms with E-state index in [9.17, 15) is 19.2 Å². The van der Waals surface area contributed by atoms with E-state index < -0.39 is 42.0 Å². The summed E-state index contributed by atoms with van der Waals surface area (Å²) in [6, 6.07) is 0. The molecule has 0 unspecified atom stereocenters. The van der Waals surface area contributed by atoms with Gasteiger partial charge in [-0.3, -0.25) is 19.2 Å². The molecule has 0 heterocycles. The molecule has 0 aromatic heterocycles. The van der Waals surface area contributed by atoms with Gasteiger partial charge >= 0.3 is 11.9 Å². The SMILES string of the molecule is NC(=O)CC(CC(N)=O)(C(=O)O)C(=O)O. The van der Waals surface area contributed by atoms with Crippen LogP contribution in [-0.4, -0.2) is 34.0 Å². The third kappa shape index (κ3) is 2.93. The topological polar surface area (TPSA) is 161 Å². The molecule has 0 saturated carbocycles. The fourth-order valence-corrected chi connectivity index (χ4v) is 1.05. The minimum Gasteiger partial charge on any atom is -0.480 e. The molecule has 8 nitrogen and oxygen atoms in total. The van der Waals surface area contributed by atoms with Crippen molar-refractivity contribution in [3.63, 3.8) is 0 Å². The smallest absolute Gasteiger partial charge is 0.322 e. The van der Waals surface area contributed by atoms with Gasteiger partial charge in [0.15, 0.2) is 5.41 Å². The average molecular weight is 218 g/mol. The molecule has 0 atom stereocenters. The van der Waals surface area contributed by atoms with Crippen molar-refractivity contribution in [2.75, 3.05) is 0 Å². The lowest BCUT2D eigenvalue weighted by Gasteiger charge is -2.21. The fraction of sp³-hybridized carbons (Fsp3) is 0.429. The predicted molar refractivity (Wildman–Crippen MR) is 45.3 cm³/mol. The summed E-state index contributed by atoms with van der Waals surface area (Å²) < 4.78 is 0. The number of rotatable bonds is 6. The number of primary amides is 2. The first-order chi connectivity index (χ1) is 6.72. The van der Waals surface area contributed by atoms with Crippen LogP contribution in [0.15, 0.2) is 0 Å². The van der Waals surface area contributed by atoms with Gasteiger partial charge < -0.3 is 21.7 Å². The lowest BCUT2D eigenvalue weighted by atomic mass is 9.80. The first-order valence-corrected chi connectivity index (χ1v) is 3.76. The van der Waals surface area contributed by atoms with Gasteiger partial charge in [-0.05, 0) is 0 Å². The number of nitrogens with two attached hydrogens (primary N) is 2. The molecule has 6 N–H and O–H groups in total. The number of carboxylic acid groups (broad SMARTS) is 2. The maximum Gasteiger partial charge on any atom is 0.322 e. The highest BCUT2D eigenvalue weighted by atomic mass is 16.4. The summed E-state index contributed by atoms with van der Waals surface area (Å²) in [4.78, 5) is 42.6. The number of hydrogen-bond donors (Lipinski definition) is 4. The molecular formula is C7H10N2O6. The van der Waals surface area contributed by atoms with Crippen LogP contribution < -0.4 is 11.5 Å². The van der Waals surface area contributed by atoms with E-state index in [0.29, 0.717) is 0 Å². The lowest BCUT2D eigenvalue weighted by Crippen LogP contribution is -2.45. The summed E-state index contributed by atoms with van der Waals surface area (Å²) in [5.74, 6) is -5.93. The fourth-order valence-electron chi connectivity index (χ4n) is 1.05. The van der Waals surface area contributed by atoms with Gasteiger partial charge in [-0.2, -0.15) is 0 Å². The summed E-state index contributed by atoms with van der Waals surface area (Å²) in [5, 5.41) is 17.4. The van der Waals surface area contributed by atoms with Crippen LogP contribution in [0.2, 0.25) is 0 Å². The summed E-state index contributed by atoms with van der Waals surface area (Å²) in [6.45, 7) is 0. The molecule has 0 fully saturated rings. The number of carbonyl (C=O) groups is 4. The monoisotopic (exact) mass is 218 g/mol. The van der Waals surface area contributed by atoms with Gasteiger partial charge in [0.25, 0.3) is 0 Å². The standard InChI is InChI=1S/C7H10N2O6/c8-3(10)1-7(5(12)13,6(14)15)2-4(9)11/h1-2H2,(H2,8,10)(H2,9,11)(H,12,13)(H,14,15). The minimum absolute atomic E-state index is 0.986. The molecule has 0 bridgehead atoms. The van der Waals surface area contributed by atoms with E-state index in [-0.39, 0.29) is 0 Å². The molecule has 2 amide bonds. The highest BCUT2D eigenvalue weighted by Crippen LogP contribution is 2.27. The maximum absolute atomic E-state index is 10.7. The van der Waals surface area contributed by atoms with Gasteiger partial charge in [0.2, 0.25) is 11.8 Å². The number of aliphatic carboxylic acids is 2. The molecule has 0 saturated heterocycles. The summed E-state index contributed by atoms with van der Waals surface area (Å²) in [7, 11) is 0. The van der Waals surface area contributed by atoms with Gasteiger partial charge in [0, 0.05) is 0 Å². The largest absolute Gasteiger partial charge is 0.480 e. The second-order valence-electron chi connectivity index (χ2n) is 2.98. The third-order valence-electron chi connectivity index (χ3n) is 1.77. The Morgan fingerprint density at radius 3 is 1.27 bits per heavy atom. The van der Waals surface area contributed by atoms with E-state index in [1.54, 1.807) is 0 Å². The molecule has 0 aliphatic heterocycles. The van der Waals surface area contributed by atoms with Gasteiger partial charge in [0.05, 0.1) is 12.8 Å². The van der Waals surface area contributed by atoms with E-state index >= 15 is 0 Å². The molecule has 15 heavy (non-hydrogen) atoms. The molecule has 84 valence electrons. The number of amides is 2. The lowest BCUT2D eigenvalue weighted by molar-refractivity contribution is -0.168. The average Bonchev–Trinajstić information content (AvgIpc) is 1.99. The second-order valence-corrected chi connectivity index (χ2v) is 2.98. The van der Waals surface area contributed by atoms with Crippen molar-refractivity contribution < 1.29 is 29.4 Å². The molecule has 0 rings (SSSR count). The quantitative estimate of drug-likeness (QED) is 0.373. The normalized spacial score (nSPS) is 10.7. The Morgan fingerprint density at radius 1 is 0.867 bits per heavy atom. The van der Waals surface area contributed by atoms with Crippen molar-refractivity contribution >= 4 is 23.8 Å². The molecule has 8 heteroatoms. The zero-order chi connectivity index (χ0) is 12.2. The van der Waals surface area contributed by atoms with Gasteiger partial charge in [0.1, 0.15) is 0 Å². The van der Waals surface area contributed by atoms with Crippen LogP contribution in [0.5, 0.6) is 0 Å². The second kappa shape index (κ2) is 4.40. The molecule has 0 aromatic rings. The van der Waals surface area contributed by atoms with Crippen molar-refractivity contribution in [2.24, 2.45) is 16.9 Å². The van der Waals surface area contributed by atoms with Crippen LogP contribution >= 0.6 is 0 Å². The van der Waals surface area contributed by atoms with Crippen LogP contribution in [0.3, 0.4) is 0 Å². The maximum atomic E-state index is 10.7. The predicted octanol–water partition coefficient (Wildman–Crippen LogP) is -2.11. The van der Waals surface area contributed by atoms with E-state index in [2.05, 4.69) is 0 Å². The molecule has 0 aliphatic rings. The summed E-state index contributed by atoms with van der Waals surface area (Å²) in [5.41, 5.74) is 6.85. The highest BCUT2D eigenvalue weighted by molar-refractivity contribution is 6.04. The van der Waals surface area contributed by atoms with Gasteiger partial charge in [-0.15, -0.1) is 0 Å². The van der Waals surface area contributed by atoms with Crippen molar-refractivity contribution in [1.29, 1.82) is 0 Å². The Kier molecular flexibility index (Phi) is 3.78. The van der Waals surface area contributed by atoms with Crippen LogP contribution in [0.4, 0.5) is 0 Å². The van der Waals surface area contributed by atoms with Crippen molar-refractivity contribution in [2.45, 2.75) is 12.8 Å². The Bertz CT molecular complexity index is 291. The molecule has 0 spiro atoms. The molecular weight excluding hydrogens is 208 g/mol. The van der Waals surface area contributed by atoms with E-state index in [0.717, 1.165) is 0 Å². The van der Waals surface area contributed by atoms with Crippen LogP contribution in [0, 0.1) is 5.41 Å². The van der Waals surface area contributed by atoms with Crippen molar-refractivity contribution in [1.82, 2.24) is 0 Å². The zero-order valence-corrected chi connectivity index (χ0v) is 7.60. The molecule has 0 aliphatic carbocycles. The Labute approximate surface area is 83.8 Å². The van der Waals surface area contributed by atoms with Gasteiger partial charge in [-0.25, -0.2) is 0 Å². The van der Waals surface area contributed by atoms with E-state index in [1.165, 1.54) is 0 Å².